The van der Waals surface area contributed by atoms with E-state index in [0.717, 1.165) is 74.4 Å². The molecule has 1 spiro atoms. The van der Waals surface area contributed by atoms with Gasteiger partial charge in [-0.05, 0) is 69.1 Å². The molecular formula is C35H43N9O2. The first-order valence-corrected chi connectivity index (χ1v) is 16.6. The molecule has 5 heterocycles. The molecule has 11 nitrogen and oxygen atoms in total. The highest BCUT2D eigenvalue weighted by atomic mass is 16.5. The van der Waals surface area contributed by atoms with Crippen LogP contribution in [-0.4, -0.2) is 102 Å². The number of piperidine rings is 1. The average molecular weight is 622 g/mol. The summed E-state index contributed by atoms with van der Waals surface area (Å²) in [6.45, 7) is 8.43. The van der Waals surface area contributed by atoms with E-state index in [1.165, 1.54) is 31.6 Å². The summed E-state index contributed by atoms with van der Waals surface area (Å²) >= 11 is 0. The molecule has 0 radical (unpaired) electrons. The Kier molecular flexibility index (Phi) is 7.54. The molecular weight excluding hydrogens is 578 g/mol. The minimum absolute atomic E-state index is 0.112. The fourth-order valence-electron chi connectivity index (χ4n) is 7.75. The Morgan fingerprint density at radius 2 is 1.72 bits per heavy atom. The van der Waals surface area contributed by atoms with Gasteiger partial charge in [0.05, 0.1) is 13.2 Å². The van der Waals surface area contributed by atoms with Crippen LogP contribution in [0.3, 0.4) is 0 Å². The number of carbonyl (C=O) groups is 1. The minimum atomic E-state index is -0.627. The molecule has 11 heteroatoms. The van der Waals surface area contributed by atoms with Crippen LogP contribution in [0, 0.1) is 5.41 Å². The number of nitrogens with one attached hydrogen (secondary N) is 3. The number of ether oxygens (including phenoxy) is 1. The van der Waals surface area contributed by atoms with Crippen LogP contribution in [0.25, 0.3) is 22.2 Å². The minimum Gasteiger partial charge on any atom is -0.380 e. The van der Waals surface area contributed by atoms with Crippen molar-refractivity contribution in [2.24, 2.45) is 11.1 Å². The molecule has 8 rings (SSSR count). The Balaban J connectivity index is 1.03. The fourth-order valence-corrected chi connectivity index (χ4v) is 7.75. The van der Waals surface area contributed by atoms with Crippen molar-refractivity contribution in [1.82, 2.24) is 24.8 Å². The highest BCUT2D eigenvalue weighted by Crippen LogP contribution is 2.48. The highest BCUT2D eigenvalue weighted by Gasteiger charge is 2.50. The van der Waals surface area contributed by atoms with E-state index in [1.807, 2.05) is 42.6 Å². The molecule has 2 aromatic heterocycles. The third-order valence-corrected chi connectivity index (χ3v) is 10.5. The van der Waals surface area contributed by atoms with E-state index < -0.39 is 5.91 Å². The van der Waals surface area contributed by atoms with Crippen LogP contribution in [0.4, 0.5) is 23.0 Å². The number of rotatable bonds is 8. The zero-order chi connectivity index (χ0) is 31.3. The van der Waals surface area contributed by atoms with Crippen molar-refractivity contribution in [1.29, 1.82) is 0 Å². The largest absolute Gasteiger partial charge is 0.380 e. The van der Waals surface area contributed by atoms with Gasteiger partial charge >= 0.3 is 0 Å². The van der Waals surface area contributed by atoms with E-state index in [1.54, 1.807) is 0 Å². The Labute approximate surface area is 269 Å². The average Bonchev–Trinajstić information content (AvgIpc) is 3.52. The van der Waals surface area contributed by atoms with Crippen LogP contribution in [0.2, 0.25) is 0 Å². The third-order valence-electron chi connectivity index (χ3n) is 10.5. The zero-order valence-electron chi connectivity index (χ0n) is 26.5. The summed E-state index contributed by atoms with van der Waals surface area (Å²) in [6, 6.07) is 17.4. The topological polar surface area (TPSA) is 128 Å². The van der Waals surface area contributed by atoms with Crippen LogP contribution in [0.1, 0.15) is 36.2 Å². The maximum atomic E-state index is 12.8. The summed E-state index contributed by atoms with van der Waals surface area (Å²) in [7, 11) is 2.21. The zero-order valence-corrected chi connectivity index (χ0v) is 26.5. The van der Waals surface area contributed by atoms with Crippen LogP contribution < -0.4 is 21.3 Å². The van der Waals surface area contributed by atoms with Gasteiger partial charge in [-0.15, -0.1) is 0 Å². The van der Waals surface area contributed by atoms with Gasteiger partial charge in [-0.1, -0.05) is 12.1 Å². The molecule has 240 valence electrons. The lowest BCUT2D eigenvalue weighted by Gasteiger charge is -2.53. The van der Waals surface area contributed by atoms with Crippen molar-refractivity contribution in [3.63, 3.8) is 0 Å². The van der Waals surface area contributed by atoms with E-state index in [-0.39, 0.29) is 11.7 Å². The lowest BCUT2D eigenvalue weighted by Crippen LogP contribution is -2.56. The van der Waals surface area contributed by atoms with Gasteiger partial charge in [0, 0.05) is 90.8 Å². The SMILES string of the molecule is CN1CCN(C2CCN(c3ccc(Nc4nc(NC5CC6(COC6)C5)c(-c5cccc6[nH]ccc56)nc4C(N)=O)cc3)CC2)CC1. The Morgan fingerprint density at radius 3 is 2.41 bits per heavy atom. The first-order chi connectivity index (χ1) is 22.4. The summed E-state index contributed by atoms with van der Waals surface area (Å²) in [5.41, 5.74) is 10.9. The number of aromatic amines is 1. The van der Waals surface area contributed by atoms with Crippen molar-refractivity contribution >= 4 is 39.8 Å². The highest BCUT2D eigenvalue weighted by molar-refractivity contribution is 6.01. The standard InChI is InChI=1S/C35H43N9O2/c1-42-15-17-44(18-16-42)26-10-13-43(14-11-26)25-7-5-23(6-8-25)38-34-31(32(36)45)40-30(28-3-2-4-29-27(28)9-12-37-29)33(41-34)39-24-19-35(20-24)21-46-22-35/h2-9,12,24,26,37H,10-11,13-22H2,1H3,(H2,36,45)(H2,38,39,41). The molecule has 3 aliphatic heterocycles. The number of benzene rings is 2. The number of fused-ring (bicyclic) bond motifs is 1. The van der Waals surface area contributed by atoms with Crippen LogP contribution >= 0.6 is 0 Å². The van der Waals surface area contributed by atoms with E-state index >= 15 is 0 Å². The summed E-state index contributed by atoms with van der Waals surface area (Å²) in [4.78, 5) is 33.5. The second kappa shape index (κ2) is 11.9. The molecule has 0 bridgehead atoms. The fraction of sp³-hybridized carbons (Fsp3) is 0.457. The van der Waals surface area contributed by atoms with Crippen molar-refractivity contribution in [2.75, 3.05) is 75.1 Å². The van der Waals surface area contributed by atoms with Crippen molar-refractivity contribution in [2.45, 2.75) is 37.8 Å². The quantitative estimate of drug-likeness (QED) is 0.228. The number of nitrogens with two attached hydrogens (primary N) is 1. The lowest BCUT2D eigenvalue weighted by molar-refractivity contribution is -0.159. The first kappa shape index (κ1) is 29.2. The maximum Gasteiger partial charge on any atom is 0.271 e. The van der Waals surface area contributed by atoms with Gasteiger partial charge in [-0.3, -0.25) is 9.69 Å². The molecule has 5 N–H and O–H groups in total. The summed E-state index contributed by atoms with van der Waals surface area (Å²) in [5.74, 6) is 0.362. The van der Waals surface area contributed by atoms with E-state index in [2.05, 4.69) is 49.5 Å². The molecule has 3 saturated heterocycles. The second-order valence-corrected chi connectivity index (χ2v) is 13.7. The molecule has 0 atom stereocenters. The number of carbonyl (C=O) groups excluding carboxylic acids is 1. The third kappa shape index (κ3) is 5.56. The molecule has 4 fully saturated rings. The molecule has 46 heavy (non-hydrogen) atoms. The van der Waals surface area contributed by atoms with Crippen molar-refractivity contribution in [3.8, 4) is 11.3 Å². The van der Waals surface area contributed by atoms with Gasteiger partial charge in [-0.25, -0.2) is 9.97 Å². The molecule has 4 aromatic rings. The normalized spacial score (nSPS) is 20.8. The smallest absolute Gasteiger partial charge is 0.271 e. The molecule has 4 aliphatic rings. The lowest BCUT2D eigenvalue weighted by atomic mass is 9.64. The van der Waals surface area contributed by atoms with Crippen molar-refractivity contribution < 1.29 is 9.53 Å². The monoisotopic (exact) mass is 621 g/mol. The summed E-state index contributed by atoms with van der Waals surface area (Å²) in [5, 5.41) is 8.03. The number of nitrogens with zero attached hydrogens (tertiary/aromatic N) is 5. The van der Waals surface area contributed by atoms with Crippen LogP contribution in [0.15, 0.2) is 54.7 Å². The number of H-pyrrole nitrogens is 1. The van der Waals surface area contributed by atoms with E-state index in [0.29, 0.717) is 28.8 Å². The van der Waals surface area contributed by atoms with E-state index in [9.17, 15) is 4.79 Å². The Hall–Kier alpha value is -4.19. The van der Waals surface area contributed by atoms with Gasteiger partial charge in [-0.2, -0.15) is 0 Å². The Morgan fingerprint density at radius 1 is 0.957 bits per heavy atom. The predicted molar refractivity (Wildman–Crippen MR) is 182 cm³/mol. The van der Waals surface area contributed by atoms with Crippen molar-refractivity contribution in [3.05, 3.63) is 60.4 Å². The van der Waals surface area contributed by atoms with Gasteiger partial charge < -0.3 is 35.9 Å². The maximum absolute atomic E-state index is 12.8. The number of anilines is 4. The summed E-state index contributed by atoms with van der Waals surface area (Å²) in [6.07, 6.45) is 6.34. The number of aromatic nitrogens is 3. The number of likely N-dealkylation sites (N-methyl/N-ethyl adjacent to an activating group) is 1. The first-order valence-electron chi connectivity index (χ1n) is 16.6. The molecule has 2 aromatic carbocycles. The second-order valence-electron chi connectivity index (χ2n) is 13.7. The van der Waals surface area contributed by atoms with Gasteiger partial charge in [0.1, 0.15) is 5.69 Å². The predicted octanol–water partition coefficient (Wildman–Crippen LogP) is 4.27. The van der Waals surface area contributed by atoms with Crippen LogP contribution in [0.5, 0.6) is 0 Å². The van der Waals surface area contributed by atoms with Gasteiger partial charge in [0.2, 0.25) is 0 Å². The molecule has 1 saturated carbocycles. The van der Waals surface area contributed by atoms with Gasteiger partial charge in [0.15, 0.2) is 17.3 Å². The molecule has 1 amide bonds. The number of hydrogen-bond donors (Lipinski definition) is 4. The number of amides is 1. The summed E-state index contributed by atoms with van der Waals surface area (Å²) < 4.78 is 5.49. The Bertz CT molecular complexity index is 1710. The number of hydrogen-bond acceptors (Lipinski definition) is 9. The van der Waals surface area contributed by atoms with Crippen LogP contribution in [-0.2, 0) is 4.74 Å². The van der Waals surface area contributed by atoms with Gasteiger partial charge in [0.25, 0.3) is 5.91 Å². The number of primary amides is 1. The van der Waals surface area contributed by atoms with E-state index in [4.69, 9.17) is 20.4 Å². The number of piperazine rings is 1. The molecule has 1 aliphatic carbocycles. The molecule has 0 unspecified atom stereocenters.